The molecule has 3 heterocycles. The highest BCUT2D eigenvalue weighted by Crippen LogP contribution is 2.33. The maximum absolute atomic E-state index is 15.1. The quantitative estimate of drug-likeness (QED) is 0.546. The molecular weight excluding hydrogens is 450 g/mol. The van der Waals surface area contributed by atoms with E-state index in [2.05, 4.69) is 15.3 Å². The number of para-hydroxylation sites is 1. The number of aromatic nitrogens is 2. The standard InChI is InChI=1S/C26H28F2N6O/c27-21-12-17(13-22(28)26(21)34-8-10-35-11-9-34)20-2-1-3-23-25(20)33-24(16-32-23)18(14-29)15-31-19-4-6-30-7-5-19/h1-3,12-16,19,30H,4-11,29H2. The van der Waals surface area contributed by atoms with Crippen LogP contribution in [0.3, 0.4) is 0 Å². The summed E-state index contributed by atoms with van der Waals surface area (Å²) in [6, 6.07) is 8.37. The summed E-state index contributed by atoms with van der Waals surface area (Å²) in [7, 11) is 0. The maximum atomic E-state index is 15.1. The average molecular weight is 479 g/mol. The molecule has 0 radical (unpaired) electrons. The molecule has 0 aliphatic carbocycles. The van der Waals surface area contributed by atoms with E-state index in [1.165, 1.54) is 18.3 Å². The van der Waals surface area contributed by atoms with Crippen molar-refractivity contribution in [1.29, 1.82) is 0 Å². The normalized spacial score (nSPS) is 18.0. The lowest BCUT2D eigenvalue weighted by Gasteiger charge is -2.29. The number of allylic oxidation sites excluding steroid dienone is 1. The van der Waals surface area contributed by atoms with Crippen LogP contribution in [0.25, 0.3) is 27.7 Å². The van der Waals surface area contributed by atoms with Crippen molar-refractivity contribution in [3.05, 3.63) is 60.1 Å². The minimum absolute atomic E-state index is 0.0217. The monoisotopic (exact) mass is 478 g/mol. The van der Waals surface area contributed by atoms with Crippen LogP contribution in [0.5, 0.6) is 0 Å². The van der Waals surface area contributed by atoms with Crippen molar-refractivity contribution in [2.24, 2.45) is 10.7 Å². The van der Waals surface area contributed by atoms with Gasteiger partial charge in [0, 0.05) is 36.6 Å². The van der Waals surface area contributed by atoms with E-state index in [1.54, 1.807) is 29.4 Å². The van der Waals surface area contributed by atoms with Gasteiger partial charge in [-0.3, -0.25) is 9.98 Å². The SMILES string of the molecule is NC=C(C=NC1CCNCC1)c1cnc2cccc(-c3cc(F)c(N4CCOCC4)c(F)c3)c2n1. The van der Waals surface area contributed by atoms with Crippen LogP contribution in [0.4, 0.5) is 14.5 Å². The number of aliphatic imine (C=N–C) groups is 1. The first-order valence-corrected chi connectivity index (χ1v) is 11.9. The molecule has 3 N–H and O–H groups in total. The van der Waals surface area contributed by atoms with E-state index in [0.717, 1.165) is 25.9 Å². The number of rotatable bonds is 5. The summed E-state index contributed by atoms with van der Waals surface area (Å²) in [4.78, 5) is 15.7. The van der Waals surface area contributed by atoms with Crippen molar-refractivity contribution in [3.63, 3.8) is 0 Å². The number of fused-ring (bicyclic) bond motifs is 1. The summed E-state index contributed by atoms with van der Waals surface area (Å²) >= 11 is 0. The molecule has 0 unspecified atom stereocenters. The van der Waals surface area contributed by atoms with Crippen LogP contribution in [0.1, 0.15) is 18.5 Å². The fourth-order valence-electron chi connectivity index (χ4n) is 4.55. The molecule has 0 bridgehead atoms. The van der Waals surface area contributed by atoms with Crippen LogP contribution in [-0.4, -0.2) is 61.6 Å². The third-order valence-corrected chi connectivity index (χ3v) is 6.44. The second-order valence-electron chi connectivity index (χ2n) is 8.70. The summed E-state index contributed by atoms with van der Waals surface area (Å²) < 4.78 is 35.5. The fraction of sp³-hybridized carbons (Fsp3) is 0.346. The van der Waals surface area contributed by atoms with Gasteiger partial charge in [0.1, 0.15) is 17.3 Å². The van der Waals surface area contributed by atoms with Crippen molar-refractivity contribution in [1.82, 2.24) is 15.3 Å². The van der Waals surface area contributed by atoms with Crippen molar-refractivity contribution in [2.75, 3.05) is 44.3 Å². The molecule has 0 amide bonds. The molecule has 0 atom stereocenters. The Kier molecular flexibility index (Phi) is 6.96. The number of ether oxygens (including phenoxy) is 1. The van der Waals surface area contributed by atoms with Gasteiger partial charge in [0.2, 0.25) is 0 Å². The molecule has 9 heteroatoms. The van der Waals surface area contributed by atoms with Gasteiger partial charge in [0.25, 0.3) is 0 Å². The molecule has 182 valence electrons. The molecule has 2 aliphatic heterocycles. The summed E-state index contributed by atoms with van der Waals surface area (Å²) in [5.41, 5.74) is 9.22. The van der Waals surface area contributed by atoms with Gasteiger partial charge in [-0.25, -0.2) is 13.8 Å². The van der Waals surface area contributed by atoms with Crippen LogP contribution in [0.15, 0.2) is 47.7 Å². The Labute approximate surface area is 202 Å². The van der Waals surface area contributed by atoms with Crippen LogP contribution in [0, 0.1) is 11.6 Å². The van der Waals surface area contributed by atoms with Crippen LogP contribution < -0.4 is 16.0 Å². The molecule has 0 spiro atoms. The lowest BCUT2D eigenvalue weighted by atomic mass is 10.0. The van der Waals surface area contributed by atoms with Gasteiger partial charge in [0.15, 0.2) is 0 Å². The molecule has 7 nitrogen and oxygen atoms in total. The Morgan fingerprint density at radius 2 is 1.89 bits per heavy atom. The number of hydrogen-bond acceptors (Lipinski definition) is 7. The Morgan fingerprint density at radius 3 is 2.60 bits per heavy atom. The summed E-state index contributed by atoms with van der Waals surface area (Å²) in [5.74, 6) is -1.22. The van der Waals surface area contributed by atoms with Gasteiger partial charge in [-0.2, -0.15) is 0 Å². The molecule has 3 aromatic rings. The highest BCUT2D eigenvalue weighted by atomic mass is 19.1. The van der Waals surface area contributed by atoms with Gasteiger partial charge in [-0.1, -0.05) is 12.1 Å². The van der Waals surface area contributed by atoms with Crippen molar-refractivity contribution in [3.8, 4) is 11.1 Å². The number of benzene rings is 2. The Bertz CT molecular complexity index is 1240. The Morgan fingerprint density at radius 1 is 1.14 bits per heavy atom. The zero-order valence-corrected chi connectivity index (χ0v) is 19.4. The van der Waals surface area contributed by atoms with Crippen molar-refractivity contribution < 1.29 is 13.5 Å². The number of morpholine rings is 1. The van der Waals surface area contributed by atoms with Crippen molar-refractivity contribution >= 4 is 28.5 Å². The molecule has 35 heavy (non-hydrogen) atoms. The van der Waals surface area contributed by atoms with E-state index >= 15 is 8.78 Å². The molecule has 5 rings (SSSR count). The first-order valence-electron chi connectivity index (χ1n) is 11.9. The smallest absolute Gasteiger partial charge is 0.150 e. The largest absolute Gasteiger partial charge is 0.404 e. The van der Waals surface area contributed by atoms with Gasteiger partial charge >= 0.3 is 0 Å². The Balaban J connectivity index is 1.50. The molecule has 1 aromatic heterocycles. The number of hydrogen-bond donors (Lipinski definition) is 2. The van der Waals surface area contributed by atoms with Gasteiger partial charge in [-0.15, -0.1) is 0 Å². The van der Waals surface area contributed by atoms with E-state index in [4.69, 9.17) is 15.5 Å². The summed E-state index contributed by atoms with van der Waals surface area (Å²) in [5, 5.41) is 3.32. The maximum Gasteiger partial charge on any atom is 0.150 e. The van der Waals surface area contributed by atoms with Crippen LogP contribution >= 0.6 is 0 Å². The zero-order chi connectivity index (χ0) is 24.2. The number of nitrogens with one attached hydrogen (secondary N) is 1. The van der Waals surface area contributed by atoms with E-state index in [1.807, 2.05) is 6.07 Å². The van der Waals surface area contributed by atoms with Crippen molar-refractivity contribution in [2.45, 2.75) is 18.9 Å². The predicted molar refractivity (Wildman–Crippen MR) is 134 cm³/mol. The predicted octanol–water partition coefficient (Wildman–Crippen LogP) is 3.53. The zero-order valence-electron chi connectivity index (χ0n) is 19.4. The fourth-order valence-corrected chi connectivity index (χ4v) is 4.55. The molecule has 2 fully saturated rings. The van der Waals surface area contributed by atoms with Gasteiger partial charge < -0.3 is 20.7 Å². The number of halogens is 2. The highest BCUT2D eigenvalue weighted by Gasteiger charge is 2.21. The highest BCUT2D eigenvalue weighted by molar-refractivity contribution is 6.09. The number of nitrogens with zero attached hydrogens (tertiary/aromatic N) is 4. The van der Waals surface area contributed by atoms with Gasteiger partial charge in [-0.05, 0) is 49.7 Å². The second kappa shape index (κ2) is 10.5. The number of piperidine rings is 1. The van der Waals surface area contributed by atoms with E-state index in [-0.39, 0.29) is 11.7 Å². The lowest BCUT2D eigenvalue weighted by Crippen LogP contribution is -2.37. The minimum Gasteiger partial charge on any atom is -0.404 e. The summed E-state index contributed by atoms with van der Waals surface area (Å²) in [6.45, 7) is 3.67. The number of nitrogens with two attached hydrogens (primary N) is 1. The van der Waals surface area contributed by atoms with E-state index < -0.39 is 11.6 Å². The lowest BCUT2D eigenvalue weighted by molar-refractivity contribution is 0.122. The third kappa shape index (κ3) is 5.01. The average Bonchev–Trinajstić information content (AvgIpc) is 2.89. The Hall–Kier alpha value is -3.43. The first-order chi connectivity index (χ1) is 17.1. The van der Waals surface area contributed by atoms with Crippen LogP contribution in [0.2, 0.25) is 0 Å². The first kappa shape index (κ1) is 23.3. The molecule has 2 aromatic carbocycles. The molecule has 0 saturated carbocycles. The van der Waals surface area contributed by atoms with E-state index in [9.17, 15) is 0 Å². The number of anilines is 1. The third-order valence-electron chi connectivity index (χ3n) is 6.44. The molecule has 2 saturated heterocycles. The topological polar surface area (TPSA) is 88.7 Å². The summed E-state index contributed by atoms with van der Waals surface area (Å²) in [6.07, 6.45) is 6.78. The second-order valence-corrected chi connectivity index (χ2v) is 8.70. The molecule has 2 aliphatic rings. The minimum atomic E-state index is -0.611. The van der Waals surface area contributed by atoms with Gasteiger partial charge in [0.05, 0.1) is 42.2 Å². The van der Waals surface area contributed by atoms with E-state index in [0.29, 0.717) is 59.7 Å². The van der Waals surface area contributed by atoms with Crippen LogP contribution in [-0.2, 0) is 4.74 Å². The molecular formula is C26H28F2N6O.